The van der Waals surface area contributed by atoms with Gasteiger partial charge in [0, 0.05) is 30.3 Å². The number of aryl methyl sites for hydroxylation is 2. The first-order valence-electron chi connectivity index (χ1n) is 9.07. The fourth-order valence-electron chi connectivity index (χ4n) is 3.30. The van der Waals surface area contributed by atoms with Gasteiger partial charge in [-0.2, -0.15) is 4.73 Å². The zero-order chi connectivity index (χ0) is 19.7. The number of ether oxygens (including phenoxy) is 1. The molecule has 1 atom stereocenters. The number of hydrogen-bond acceptors (Lipinski definition) is 5. The van der Waals surface area contributed by atoms with Gasteiger partial charge in [0.25, 0.3) is 5.91 Å². The van der Waals surface area contributed by atoms with Crippen LogP contribution in [-0.2, 0) is 6.42 Å². The van der Waals surface area contributed by atoms with Crippen LogP contribution in [0.2, 0.25) is 0 Å². The van der Waals surface area contributed by atoms with Gasteiger partial charge >= 0.3 is 0 Å². The molecule has 0 aliphatic carbocycles. The lowest BCUT2D eigenvalue weighted by molar-refractivity contribution is -0.605. The van der Waals surface area contributed by atoms with Crippen molar-refractivity contribution in [2.24, 2.45) is 0 Å². The Bertz CT molecular complexity index is 1030. The van der Waals surface area contributed by atoms with E-state index in [0.29, 0.717) is 23.3 Å². The molecule has 0 bridgehead atoms. The summed E-state index contributed by atoms with van der Waals surface area (Å²) in [6, 6.07) is 8.99. The van der Waals surface area contributed by atoms with E-state index in [2.05, 4.69) is 15.3 Å². The first-order valence-corrected chi connectivity index (χ1v) is 9.07. The summed E-state index contributed by atoms with van der Waals surface area (Å²) in [5.41, 5.74) is 4.96. The molecule has 7 heteroatoms. The summed E-state index contributed by atoms with van der Waals surface area (Å²) < 4.78 is 6.80. The molecule has 1 aliphatic rings. The van der Waals surface area contributed by atoms with Crippen molar-refractivity contribution in [3.05, 3.63) is 76.6 Å². The number of hydrogen-bond donors (Lipinski definition) is 1. The number of rotatable bonds is 4. The number of nitrogens with one attached hydrogen (secondary N) is 1. The van der Waals surface area contributed by atoms with Gasteiger partial charge in [0.1, 0.15) is 11.9 Å². The zero-order valence-electron chi connectivity index (χ0n) is 15.7. The Hall–Kier alpha value is -3.48. The van der Waals surface area contributed by atoms with Gasteiger partial charge in [0.2, 0.25) is 0 Å². The van der Waals surface area contributed by atoms with E-state index in [1.165, 1.54) is 24.5 Å². The highest BCUT2D eigenvalue weighted by molar-refractivity contribution is 5.93. The average Bonchev–Trinajstić information content (AvgIpc) is 3.12. The quantitative estimate of drug-likeness (QED) is 0.556. The minimum Gasteiger partial charge on any atom is -0.619 e. The van der Waals surface area contributed by atoms with Crippen LogP contribution in [0.3, 0.4) is 0 Å². The summed E-state index contributed by atoms with van der Waals surface area (Å²) in [5, 5.41) is 14.0. The van der Waals surface area contributed by atoms with Crippen LogP contribution < -0.4 is 14.8 Å². The Kier molecular flexibility index (Phi) is 4.65. The Labute approximate surface area is 162 Å². The number of fused-ring (bicyclic) bond motifs is 1. The Morgan fingerprint density at radius 3 is 2.86 bits per heavy atom. The molecule has 0 unspecified atom stereocenters. The van der Waals surface area contributed by atoms with Crippen LogP contribution in [-0.4, -0.2) is 28.5 Å². The normalized spacial score (nSPS) is 15.0. The predicted molar refractivity (Wildman–Crippen MR) is 103 cm³/mol. The van der Waals surface area contributed by atoms with E-state index in [1.807, 2.05) is 32.0 Å². The number of para-hydroxylation sites is 1. The van der Waals surface area contributed by atoms with Gasteiger partial charge in [-0.3, -0.25) is 9.78 Å². The van der Waals surface area contributed by atoms with Gasteiger partial charge in [-0.15, -0.1) is 0 Å². The molecule has 7 nitrogen and oxygen atoms in total. The maximum absolute atomic E-state index is 12.3. The highest BCUT2D eigenvalue weighted by Gasteiger charge is 2.27. The Morgan fingerprint density at radius 1 is 1.29 bits per heavy atom. The number of carbonyl (C=O) groups excluding carboxylic acids is 1. The van der Waals surface area contributed by atoms with Crippen LogP contribution in [0.1, 0.15) is 27.3 Å². The van der Waals surface area contributed by atoms with Gasteiger partial charge in [-0.05, 0) is 25.5 Å². The molecule has 1 N–H and O–H groups in total. The Balaban J connectivity index is 1.49. The van der Waals surface area contributed by atoms with Crippen molar-refractivity contribution in [3.8, 4) is 17.0 Å². The van der Waals surface area contributed by atoms with E-state index in [0.717, 1.165) is 34.0 Å². The molecule has 0 spiro atoms. The highest BCUT2D eigenvalue weighted by atomic mass is 16.5. The molecule has 2 aromatic heterocycles. The number of benzene rings is 1. The molecule has 1 amide bonds. The maximum atomic E-state index is 12.3. The largest absolute Gasteiger partial charge is 0.619 e. The third-order valence-electron chi connectivity index (χ3n) is 4.71. The minimum atomic E-state index is -0.235. The molecular formula is C21H20N4O3. The predicted octanol–water partition coefficient (Wildman–Crippen LogP) is 2.13. The van der Waals surface area contributed by atoms with E-state index in [4.69, 9.17) is 4.74 Å². The van der Waals surface area contributed by atoms with E-state index >= 15 is 0 Å². The van der Waals surface area contributed by atoms with Crippen LogP contribution in [0.15, 0.2) is 48.9 Å². The van der Waals surface area contributed by atoms with Crippen LogP contribution in [0, 0.1) is 19.1 Å². The third kappa shape index (κ3) is 3.51. The molecule has 3 heterocycles. The van der Waals surface area contributed by atoms with Gasteiger partial charge in [0.05, 0.1) is 29.2 Å². The van der Waals surface area contributed by atoms with Crippen LogP contribution in [0.5, 0.6) is 5.75 Å². The summed E-state index contributed by atoms with van der Waals surface area (Å²) in [7, 11) is 0. The second-order valence-corrected chi connectivity index (χ2v) is 6.84. The molecule has 0 radical (unpaired) electrons. The van der Waals surface area contributed by atoms with Crippen LogP contribution >= 0.6 is 0 Å². The van der Waals surface area contributed by atoms with E-state index in [-0.39, 0.29) is 12.0 Å². The molecule has 0 saturated carbocycles. The highest BCUT2D eigenvalue weighted by Crippen LogP contribution is 2.38. The molecule has 142 valence electrons. The second-order valence-electron chi connectivity index (χ2n) is 6.84. The summed E-state index contributed by atoms with van der Waals surface area (Å²) in [6.45, 7) is 4.22. The molecular weight excluding hydrogens is 356 g/mol. The monoisotopic (exact) mass is 376 g/mol. The number of carbonyl (C=O) groups is 1. The van der Waals surface area contributed by atoms with Crippen LogP contribution in [0.4, 0.5) is 0 Å². The standard InChI is InChI=1S/C21H20N4O3/c1-13-11-22-14(2)19(24-13)18-5-3-4-16-10-17(28-20(16)18)12-23-21(26)15-6-8-25(27)9-7-15/h3-9,11,17H,10,12H2,1-2H3,(H,23,26)/t17-/m0/s1. The van der Waals surface area contributed by atoms with Crippen molar-refractivity contribution in [1.29, 1.82) is 0 Å². The maximum Gasteiger partial charge on any atom is 0.251 e. The van der Waals surface area contributed by atoms with Crippen molar-refractivity contribution >= 4 is 5.91 Å². The van der Waals surface area contributed by atoms with E-state index in [9.17, 15) is 10.0 Å². The SMILES string of the molecule is Cc1cnc(C)c(-c2cccc3c2O[C@H](CNC(=O)c2cc[n+]([O-])cc2)C3)n1. The van der Waals surface area contributed by atoms with Gasteiger partial charge in [-0.1, -0.05) is 12.1 Å². The van der Waals surface area contributed by atoms with E-state index in [1.54, 1.807) is 6.20 Å². The van der Waals surface area contributed by atoms with E-state index < -0.39 is 0 Å². The minimum absolute atomic E-state index is 0.161. The van der Waals surface area contributed by atoms with Crippen molar-refractivity contribution in [2.45, 2.75) is 26.4 Å². The van der Waals surface area contributed by atoms with Gasteiger partial charge in [0.15, 0.2) is 12.4 Å². The van der Waals surface area contributed by atoms with Crippen molar-refractivity contribution in [1.82, 2.24) is 15.3 Å². The molecule has 4 rings (SSSR count). The first kappa shape index (κ1) is 17.9. The topological polar surface area (TPSA) is 91.0 Å². The molecule has 1 aromatic carbocycles. The fraction of sp³-hybridized carbons (Fsp3) is 0.238. The summed E-state index contributed by atoms with van der Waals surface area (Å²) >= 11 is 0. The first-order chi connectivity index (χ1) is 13.5. The zero-order valence-corrected chi connectivity index (χ0v) is 15.7. The molecule has 3 aromatic rings. The molecule has 0 fully saturated rings. The summed E-state index contributed by atoms with van der Waals surface area (Å²) in [5.74, 6) is 0.567. The fourth-order valence-corrected chi connectivity index (χ4v) is 3.30. The van der Waals surface area contributed by atoms with Crippen LogP contribution in [0.25, 0.3) is 11.3 Å². The molecule has 1 aliphatic heterocycles. The van der Waals surface area contributed by atoms with Crippen molar-refractivity contribution in [2.75, 3.05) is 6.54 Å². The average molecular weight is 376 g/mol. The number of pyridine rings is 1. The molecule has 0 saturated heterocycles. The third-order valence-corrected chi connectivity index (χ3v) is 4.71. The smallest absolute Gasteiger partial charge is 0.251 e. The van der Waals surface area contributed by atoms with Crippen molar-refractivity contribution < 1.29 is 14.3 Å². The van der Waals surface area contributed by atoms with Gasteiger partial charge < -0.3 is 15.3 Å². The summed E-state index contributed by atoms with van der Waals surface area (Å²) in [4.78, 5) is 21.3. The molecule has 28 heavy (non-hydrogen) atoms. The second kappa shape index (κ2) is 7.26. The Morgan fingerprint density at radius 2 is 2.07 bits per heavy atom. The lowest BCUT2D eigenvalue weighted by atomic mass is 10.0. The van der Waals surface area contributed by atoms with Gasteiger partial charge in [-0.25, -0.2) is 4.98 Å². The lowest BCUT2D eigenvalue weighted by Gasteiger charge is -2.14. The lowest BCUT2D eigenvalue weighted by Crippen LogP contribution is -2.35. The number of amides is 1. The number of nitrogens with zero attached hydrogens (tertiary/aromatic N) is 3. The van der Waals surface area contributed by atoms with Crippen molar-refractivity contribution in [3.63, 3.8) is 0 Å². The number of aromatic nitrogens is 3. The summed E-state index contributed by atoms with van der Waals surface area (Å²) in [6.07, 6.45) is 4.89.